The average molecular weight is 222 g/mol. The van der Waals surface area contributed by atoms with Crippen LogP contribution >= 0.6 is 0 Å². The van der Waals surface area contributed by atoms with Gasteiger partial charge in [-0.1, -0.05) is 26.2 Å². The van der Waals surface area contributed by atoms with E-state index < -0.39 is 0 Å². The summed E-state index contributed by atoms with van der Waals surface area (Å²) in [5, 5.41) is 3.22. The summed E-state index contributed by atoms with van der Waals surface area (Å²) in [6.45, 7) is 5.97. The molecule has 0 unspecified atom stereocenters. The van der Waals surface area contributed by atoms with Gasteiger partial charge in [-0.3, -0.25) is 4.98 Å². The Hall–Kier alpha value is -1.25. The second kappa shape index (κ2) is 7.97. The van der Waals surface area contributed by atoms with E-state index in [0.717, 1.165) is 31.0 Å². The Morgan fingerprint density at radius 3 is 2.81 bits per heavy atom. The molecular weight excluding hydrogens is 200 g/mol. The van der Waals surface area contributed by atoms with E-state index in [1.807, 2.05) is 12.3 Å². The summed E-state index contributed by atoms with van der Waals surface area (Å²) in [6.07, 6.45) is 8.50. The molecule has 0 aliphatic rings. The summed E-state index contributed by atoms with van der Waals surface area (Å²) in [5.41, 5.74) is 1.02. The third-order valence-electron chi connectivity index (χ3n) is 2.36. The Morgan fingerprint density at radius 1 is 1.19 bits per heavy atom. The maximum Gasteiger partial charge on any atom is 0.139 e. The summed E-state index contributed by atoms with van der Waals surface area (Å²) in [7, 11) is 0. The van der Waals surface area contributed by atoms with Gasteiger partial charge in [0.05, 0.1) is 24.7 Å². The van der Waals surface area contributed by atoms with Gasteiger partial charge in [0.15, 0.2) is 0 Å². The Morgan fingerprint density at radius 2 is 2.06 bits per heavy atom. The molecule has 0 aliphatic heterocycles. The normalized spacial score (nSPS) is 10.1. The molecule has 1 rings (SSSR count). The van der Waals surface area contributed by atoms with E-state index >= 15 is 0 Å². The fourth-order valence-electron chi connectivity index (χ4n) is 1.52. The number of pyridine rings is 1. The second-order valence-electron chi connectivity index (χ2n) is 3.85. The number of nitrogens with zero attached hydrogens (tertiary/aromatic N) is 1. The predicted molar refractivity (Wildman–Crippen MR) is 68.0 cm³/mol. The van der Waals surface area contributed by atoms with Gasteiger partial charge in [-0.25, -0.2) is 0 Å². The third kappa shape index (κ3) is 5.01. The molecular formula is C13H22N2O. The number of nitrogens with one attached hydrogen (secondary N) is 1. The molecule has 90 valence electrons. The number of anilines is 1. The fourth-order valence-corrected chi connectivity index (χ4v) is 1.52. The minimum Gasteiger partial charge on any atom is -0.492 e. The molecule has 0 saturated carbocycles. The van der Waals surface area contributed by atoms with Crippen molar-refractivity contribution in [2.45, 2.75) is 39.5 Å². The molecule has 3 heteroatoms. The van der Waals surface area contributed by atoms with Crippen molar-refractivity contribution in [3.05, 3.63) is 18.5 Å². The van der Waals surface area contributed by atoms with Crippen LogP contribution in [0.5, 0.6) is 5.75 Å². The minimum atomic E-state index is 0.789. The smallest absolute Gasteiger partial charge is 0.139 e. The van der Waals surface area contributed by atoms with E-state index in [1.165, 1.54) is 19.3 Å². The lowest BCUT2D eigenvalue weighted by molar-refractivity contribution is 0.304. The van der Waals surface area contributed by atoms with Crippen LogP contribution in [-0.4, -0.2) is 18.1 Å². The quantitative estimate of drug-likeness (QED) is 0.684. The average Bonchev–Trinajstić information content (AvgIpc) is 2.30. The number of hydrogen-bond donors (Lipinski definition) is 1. The number of aromatic nitrogens is 1. The predicted octanol–water partition coefficient (Wildman–Crippen LogP) is 3.47. The highest BCUT2D eigenvalue weighted by Gasteiger charge is 1.96. The van der Waals surface area contributed by atoms with Gasteiger partial charge >= 0.3 is 0 Å². The lowest BCUT2D eigenvalue weighted by atomic mass is 10.2. The van der Waals surface area contributed by atoms with E-state index in [1.54, 1.807) is 6.20 Å². The molecule has 0 radical (unpaired) electrons. The van der Waals surface area contributed by atoms with E-state index in [2.05, 4.69) is 24.1 Å². The maximum absolute atomic E-state index is 5.64. The summed E-state index contributed by atoms with van der Waals surface area (Å²) in [6, 6.07) is 2.00. The Balaban J connectivity index is 2.27. The first kappa shape index (κ1) is 12.8. The van der Waals surface area contributed by atoms with E-state index in [4.69, 9.17) is 4.74 Å². The molecule has 1 aromatic heterocycles. The molecule has 0 aromatic carbocycles. The van der Waals surface area contributed by atoms with Crippen molar-refractivity contribution in [3.8, 4) is 5.75 Å². The first-order chi connectivity index (χ1) is 7.86. The Bertz CT molecular complexity index is 289. The zero-order chi connectivity index (χ0) is 11.6. The summed E-state index contributed by atoms with van der Waals surface area (Å²) in [4.78, 5) is 4.13. The number of hydrogen-bond acceptors (Lipinski definition) is 3. The second-order valence-corrected chi connectivity index (χ2v) is 3.85. The summed E-state index contributed by atoms with van der Waals surface area (Å²) >= 11 is 0. The van der Waals surface area contributed by atoms with Crippen LogP contribution < -0.4 is 10.1 Å². The summed E-state index contributed by atoms with van der Waals surface area (Å²) < 4.78 is 5.64. The molecule has 1 heterocycles. The minimum absolute atomic E-state index is 0.789. The highest BCUT2D eigenvalue weighted by atomic mass is 16.5. The van der Waals surface area contributed by atoms with Crippen LogP contribution in [0.1, 0.15) is 39.5 Å². The van der Waals surface area contributed by atoms with Crippen molar-refractivity contribution < 1.29 is 4.74 Å². The number of rotatable bonds is 8. The molecule has 0 fully saturated rings. The largest absolute Gasteiger partial charge is 0.492 e. The van der Waals surface area contributed by atoms with E-state index in [0.29, 0.717) is 0 Å². The van der Waals surface area contributed by atoms with Gasteiger partial charge in [-0.05, 0) is 13.3 Å². The van der Waals surface area contributed by atoms with Crippen molar-refractivity contribution in [1.29, 1.82) is 0 Å². The van der Waals surface area contributed by atoms with Crippen LogP contribution in [0.4, 0.5) is 5.69 Å². The standard InChI is InChI=1S/C13H22N2O/c1-3-5-6-7-8-16-13-9-12(15-4-2)10-14-11-13/h9-11,15H,3-8H2,1-2H3. The van der Waals surface area contributed by atoms with Gasteiger partial charge < -0.3 is 10.1 Å². The molecule has 3 nitrogen and oxygen atoms in total. The molecule has 0 bridgehead atoms. The van der Waals surface area contributed by atoms with Gasteiger partial charge in [0, 0.05) is 12.6 Å². The van der Waals surface area contributed by atoms with Crippen LogP contribution in [0.25, 0.3) is 0 Å². The zero-order valence-electron chi connectivity index (χ0n) is 10.3. The third-order valence-corrected chi connectivity index (χ3v) is 2.36. The van der Waals surface area contributed by atoms with Crippen molar-refractivity contribution in [2.75, 3.05) is 18.5 Å². The number of unbranched alkanes of at least 4 members (excludes halogenated alkanes) is 3. The van der Waals surface area contributed by atoms with Crippen molar-refractivity contribution in [1.82, 2.24) is 4.98 Å². The lowest BCUT2D eigenvalue weighted by Gasteiger charge is -2.07. The SMILES string of the molecule is CCCCCCOc1cncc(NCC)c1. The van der Waals surface area contributed by atoms with Gasteiger partial charge in [-0.2, -0.15) is 0 Å². The van der Waals surface area contributed by atoms with Crippen molar-refractivity contribution >= 4 is 5.69 Å². The molecule has 0 aliphatic carbocycles. The molecule has 0 saturated heterocycles. The summed E-state index contributed by atoms with van der Waals surface area (Å²) in [5.74, 6) is 0.856. The van der Waals surface area contributed by atoms with Crippen molar-refractivity contribution in [2.24, 2.45) is 0 Å². The maximum atomic E-state index is 5.64. The lowest BCUT2D eigenvalue weighted by Crippen LogP contribution is -2.00. The van der Waals surface area contributed by atoms with Gasteiger partial charge in [0.2, 0.25) is 0 Å². The molecule has 0 amide bonds. The van der Waals surface area contributed by atoms with Crippen LogP contribution in [0, 0.1) is 0 Å². The number of ether oxygens (including phenoxy) is 1. The molecule has 1 N–H and O–H groups in total. The van der Waals surface area contributed by atoms with Gasteiger partial charge in [-0.15, -0.1) is 0 Å². The molecule has 0 atom stereocenters. The molecule has 1 aromatic rings. The molecule has 0 spiro atoms. The fraction of sp³-hybridized carbons (Fsp3) is 0.615. The first-order valence-electron chi connectivity index (χ1n) is 6.18. The topological polar surface area (TPSA) is 34.1 Å². The van der Waals surface area contributed by atoms with Crippen LogP contribution in [0.3, 0.4) is 0 Å². The van der Waals surface area contributed by atoms with Crippen LogP contribution in [0.15, 0.2) is 18.5 Å². The van der Waals surface area contributed by atoms with Gasteiger partial charge in [0.25, 0.3) is 0 Å². The van der Waals surface area contributed by atoms with Crippen LogP contribution in [0.2, 0.25) is 0 Å². The first-order valence-corrected chi connectivity index (χ1v) is 6.18. The van der Waals surface area contributed by atoms with Crippen molar-refractivity contribution in [3.63, 3.8) is 0 Å². The Labute approximate surface area is 98.2 Å². The Kier molecular flexibility index (Phi) is 6.38. The molecule has 16 heavy (non-hydrogen) atoms. The highest BCUT2D eigenvalue weighted by Crippen LogP contribution is 2.15. The van der Waals surface area contributed by atoms with E-state index in [-0.39, 0.29) is 0 Å². The van der Waals surface area contributed by atoms with E-state index in [9.17, 15) is 0 Å². The monoisotopic (exact) mass is 222 g/mol. The zero-order valence-corrected chi connectivity index (χ0v) is 10.3. The van der Waals surface area contributed by atoms with Crippen LogP contribution in [-0.2, 0) is 0 Å². The van der Waals surface area contributed by atoms with Gasteiger partial charge in [0.1, 0.15) is 5.75 Å². The highest BCUT2D eigenvalue weighted by molar-refractivity contribution is 5.44.